The predicted octanol–water partition coefficient (Wildman–Crippen LogP) is 2.53. The first kappa shape index (κ1) is 17.6. The molecule has 1 N–H and O–H groups in total. The molecule has 2 aromatic rings. The van der Waals surface area contributed by atoms with Gasteiger partial charge in [0.1, 0.15) is 11.6 Å². The van der Waals surface area contributed by atoms with E-state index in [9.17, 15) is 14.3 Å². The second-order valence-corrected chi connectivity index (χ2v) is 5.97. The van der Waals surface area contributed by atoms with Crippen LogP contribution < -0.4 is 4.74 Å². The number of nitrogens with zero attached hydrogens (tertiary/aromatic N) is 3. The second-order valence-electron chi connectivity index (χ2n) is 5.97. The van der Waals surface area contributed by atoms with Crippen molar-refractivity contribution >= 4 is 11.6 Å². The van der Waals surface area contributed by atoms with Crippen LogP contribution in [0.5, 0.6) is 5.75 Å². The number of hydrogen-bond donors (Lipinski definition) is 1. The number of ether oxygens (including phenoxy) is 1. The Kier molecular flexibility index (Phi) is 4.69. The van der Waals surface area contributed by atoms with Gasteiger partial charge in [-0.1, -0.05) is 12.1 Å². The molecule has 0 radical (unpaired) electrons. The number of carbonyl (C=O) groups excluding carboxylic acids is 1. The van der Waals surface area contributed by atoms with Gasteiger partial charge in [0.15, 0.2) is 12.3 Å². The molecule has 1 heterocycles. The molecule has 0 aliphatic carbocycles. The molecule has 7 heteroatoms. The third-order valence-corrected chi connectivity index (χ3v) is 4.01. The Morgan fingerprint density at radius 3 is 2.58 bits per heavy atom. The van der Waals surface area contributed by atoms with E-state index in [1.54, 1.807) is 31.2 Å². The Morgan fingerprint density at radius 2 is 1.96 bits per heavy atom. The van der Waals surface area contributed by atoms with Crippen molar-refractivity contribution in [2.24, 2.45) is 5.10 Å². The van der Waals surface area contributed by atoms with Crippen molar-refractivity contribution in [3.8, 4) is 11.8 Å². The monoisotopic (exact) mass is 353 g/mol. The summed E-state index contributed by atoms with van der Waals surface area (Å²) in [7, 11) is 0. The highest BCUT2D eigenvalue weighted by molar-refractivity contribution is 5.89. The Hall–Kier alpha value is -3.24. The summed E-state index contributed by atoms with van der Waals surface area (Å²) in [6, 6.07) is 13.6. The average molecular weight is 353 g/mol. The number of halogens is 1. The highest BCUT2D eigenvalue weighted by atomic mass is 19.1. The minimum Gasteiger partial charge on any atom is -0.484 e. The fourth-order valence-electron chi connectivity index (χ4n) is 2.76. The molecule has 3 rings (SSSR count). The topological polar surface area (TPSA) is 85.9 Å². The summed E-state index contributed by atoms with van der Waals surface area (Å²) in [5, 5.41) is 24.9. The quantitative estimate of drug-likeness (QED) is 0.915. The summed E-state index contributed by atoms with van der Waals surface area (Å²) in [4.78, 5) is 12.6. The molecule has 1 aliphatic rings. The molecule has 0 saturated carbocycles. The van der Waals surface area contributed by atoms with Crippen molar-refractivity contribution in [1.82, 2.24) is 5.01 Å². The lowest BCUT2D eigenvalue weighted by Crippen LogP contribution is -2.45. The van der Waals surface area contributed by atoms with Crippen molar-refractivity contribution in [2.45, 2.75) is 19.1 Å². The van der Waals surface area contributed by atoms with Gasteiger partial charge in [-0.3, -0.25) is 4.79 Å². The van der Waals surface area contributed by atoms with Gasteiger partial charge < -0.3 is 9.84 Å². The van der Waals surface area contributed by atoms with Crippen LogP contribution in [0, 0.1) is 17.1 Å². The lowest BCUT2D eigenvalue weighted by atomic mass is 9.97. The van der Waals surface area contributed by atoms with Gasteiger partial charge in [-0.15, -0.1) is 0 Å². The van der Waals surface area contributed by atoms with Crippen LogP contribution in [0.3, 0.4) is 0 Å². The molecule has 0 spiro atoms. The number of hydrogen-bond acceptors (Lipinski definition) is 5. The number of rotatable bonds is 4. The number of nitriles is 1. The fourth-order valence-corrected chi connectivity index (χ4v) is 2.76. The maximum absolute atomic E-state index is 13.2. The van der Waals surface area contributed by atoms with Gasteiger partial charge in [0.25, 0.3) is 5.91 Å². The van der Waals surface area contributed by atoms with Crippen LogP contribution in [0.4, 0.5) is 4.39 Å². The number of benzene rings is 2. The third kappa shape index (κ3) is 3.41. The summed E-state index contributed by atoms with van der Waals surface area (Å²) in [6.07, 6.45) is 0.126. The van der Waals surface area contributed by atoms with Crippen molar-refractivity contribution in [3.63, 3.8) is 0 Å². The second kappa shape index (κ2) is 6.94. The van der Waals surface area contributed by atoms with Crippen LogP contribution in [-0.2, 0) is 10.5 Å². The lowest BCUT2D eigenvalue weighted by molar-refractivity contribution is -0.159. The van der Waals surface area contributed by atoms with E-state index in [1.807, 2.05) is 6.07 Å². The highest BCUT2D eigenvalue weighted by Crippen LogP contribution is 2.35. The SMILES string of the molecule is CC1=NN(C(=O)COc2ccc(C#N)cc2)[C@@](O)(c2ccc(F)cc2)C1. The number of carbonyl (C=O) groups is 1. The van der Waals surface area contributed by atoms with Crippen LogP contribution in [0.1, 0.15) is 24.5 Å². The molecule has 0 aromatic heterocycles. The van der Waals surface area contributed by atoms with Crippen LogP contribution >= 0.6 is 0 Å². The van der Waals surface area contributed by atoms with Crippen LogP contribution in [-0.4, -0.2) is 28.3 Å². The van der Waals surface area contributed by atoms with Crippen LogP contribution in [0.25, 0.3) is 0 Å². The van der Waals surface area contributed by atoms with Gasteiger partial charge in [0.2, 0.25) is 0 Å². The van der Waals surface area contributed by atoms with Crippen LogP contribution in [0.2, 0.25) is 0 Å². The zero-order valence-corrected chi connectivity index (χ0v) is 14.0. The van der Waals surface area contributed by atoms with Gasteiger partial charge >= 0.3 is 0 Å². The van der Waals surface area contributed by atoms with E-state index in [2.05, 4.69) is 5.10 Å². The summed E-state index contributed by atoms with van der Waals surface area (Å²) in [5.41, 5.74) is -0.257. The zero-order valence-electron chi connectivity index (χ0n) is 14.0. The minimum atomic E-state index is -1.68. The molecule has 0 unspecified atom stereocenters. The van der Waals surface area contributed by atoms with E-state index in [4.69, 9.17) is 10.00 Å². The fraction of sp³-hybridized carbons (Fsp3) is 0.211. The maximum atomic E-state index is 13.2. The molecule has 0 fully saturated rings. The van der Waals surface area contributed by atoms with E-state index in [0.29, 0.717) is 22.6 Å². The molecule has 6 nitrogen and oxygen atoms in total. The Balaban J connectivity index is 1.75. The van der Waals surface area contributed by atoms with Crippen LogP contribution in [0.15, 0.2) is 53.6 Å². The van der Waals surface area contributed by atoms with E-state index < -0.39 is 17.4 Å². The van der Waals surface area contributed by atoms with Crippen molar-refractivity contribution in [1.29, 1.82) is 5.26 Å². The maximum Gasteiger partial charge on any atom is 0.283 e. The molecule has 1 aliphatic heterocycles. The smallest absolute Gasteiger partial charge is 0.283 e. The molecular weight excluding hydrogens is 337 g/mol. The van der Waals surface area contributed by atoms with Crippen molar-refractivity contribution < 1.29 is 19.0 Å². The van der Waals surface area contributed by atoms with Gasteiger partial charge in [-0.2, -0.15) is 15.4 Å². The van der Waals surface area contributed by atoms with Gasteiger partial charge in [-0.25, -0.2) is 4.39 Å². The first-order valence-corrected chi connectivity index (χ1v) is 7.91. The van der Waals surface area contributed by atoms with Gasteiger partial charge in [0.05, 0.1) is 11.6 Å². The van der Waals surface area contributed by atoms with Gasteiger partial charge in [0, 0.05) is 17.7 Å². The highest BCUT2D eigenvalue weighted by Gasteiger charge is 2.44. The molecule has 2 aromatic carbocycles. The number of hydrazone groups is 1. The number of aliphatic hydroxyl groups is 1. The largest absolute Gasteiger partial charge is 0.484 e. The minimum absolute atomic E-state index is 0.126. The first-order valence-electron chi connectivity index (χ1n) is 7.91. The molecule has 26 heavy (non-hydrogen) atoms. The Labute approximate surface area is 149 Å². The van der Waals surface area contributed by atoms with E-state index in [-0.39, 0.29) is 13.0 Å². The molecule has 0 saturated heterocycles. The summed E-state index contributed by atoms with van der Waals surface area (Å²) >= 11 is 0. The van der Waals surface area contributed by atoms with E-state index in [1.165, 1.54) is 24.3 Å². The molecule has 1 atom stereocenters. The molecule has 1 amide bonds. The number of amides is 1. The Bertz CT molecular complexity index is 888. The predicted molar refractivity (Wildman–Crippen MR) is 91.5 cm³/mol. The molecule has 0 bridgehead atoms. The average Bonchev–Trinajstić information content (AvgIpc) is 2.96. The standard InChI is InChI=1S/C19H16FN3O3/c1-13-10-19(25,15-4-6-16(20)7-5-15)23(22-13)18(24)12-26-17-8-2-14(11-21)3-9-17/h2-9,25H,10,12H2,1H3/t19-/m0/s1. The zero-order chi connectivity index (χ0) is 18.7. The summed E-state index contributed by atoms with van der Waals surface area (Å²) in [6.45, 7) is 1.36. The third-order valence-electron chi connectivity index (χ3n) is 4.01. The first-order chi connectivity index (χ1) is 12.4. The normalized spacial score (nSPS) is 19.0. The van der Waals surface area contributed by atoms with Crippen molar-refractivity contribution in [2.75, 3.05) is 6.61 Å². The summed E-state index contributed by atoms with van der Waals surface area (Å²) in [5.74, 6) is -0.560. The lowest BCUT2D eigenvalue weighted by Gasteiger charge is -2.31. The molecule has 132 valence electrons. The van der Waals surface area contributed by atoms with E-state index >= 15 is 0 Å². The Morgan fingerprint density at radius 1 is 1.31 bits per heavy atom. The van der Waals surface area contributed by atoms with E-state index in [0.717, 1.165) is 5.01 Å². The summed E-state index contributed by atoms with van der Waals surface area (Å²) < 4.78 is 18.6. The molecular formula is C19H16FN3O3. The van der Waals surface area contributed by atoms with Gasteiger partial charge in [-0.05, 0) is 43.3 Å². The van der Waals surface area contributed by atoms with Crippen molar-refractivity contribution in [3.05, 3.63) is 65.5 Å².